The zero-order valence-corrected chi connectivity index (χ0v) is 15.3. The van der Waals surface area contributed by atoms with Gasteiger partial charge in [-0.05, 0) is 23.8 Å². The third-order valence-corrected chi connectivity index (χ3v) is 7.43. The monoisotopic (exact) mass is 359 g/mol. The maximum absolute atomic E-state index is 5.16. The molecule has 0 spiro atoms. The minimum atomic E-state index is 0.393. The Morgan fingerprint density at radius 1 is 0.760 bits per heavy atom. The van der Waals surface area contributed by atoms with Crippen LogP contribution in [0.15, 0.2) is 93.6 Å². The molecule has 5 rings (SSSR count). The Balaban J connectivity index is 1.72. The van der Waals surface area contributed by atoms with Gasteiger partial charge in [-0.15, -0.1) is 23.5 Å². The van der Waals surface area contributed by atoms with Crippen molar-refractivity contribution in [1.82, 2.24) is 0 Å². The van der Waals surface area contributed by atoms with Crippen molar-refractivity contribution in [2.45, 2.75) is 15.0 Å². The molecule has 2 heterocycles. The normalized spacial score (nSPS) is 21.4. The van der Waals surface area contributed by atoms with Gasteiger partial charge in [0.1, 0.15) is 0 Å². The lowest BCUT2D eigenvalue weighted by molar-refractivity contribution is 0.755. The van der Waals surface area contributed by atoms with Crippen LogP contribution in [0, 0.1) is 5.92 Å². The predicted molar refractivity (Wildman–Crippen MR) is 108 cm³/mol. The number of para-hydroxylation sites is 1. The summed E-state index contributed by atoms with van der Waals surface area (Å²) in [6.45, 7) is 0. The van der Waals surface area contributed by atoms with Gasteiger partial charge in [-0.2, -0.15) is 0 Å². The molecule has 2 aliphatic rings. The fourth-order valence-corrected chi connectivity index (χ4v) is 6.26. The van der Waals surface area contributed by atoms with Crippen LogP contribution in [0.1, 0.15) is 16.4 Å². The maximum Gasteiger partial charge on any atom is 0.0769 e. The van der Waals surface area contributed by atoms with E-state index in [1.165, 1.54) is 26.6 Å². The lowest BCUT2D eigenvalue weighted by atomic mass is 9.90. The molecule has 0 radical (unpaired) electrons. The second-order valence-electron chi connectivity index (χ2n) is 6.33. The molecule has 122 valence electrons. The molecule has 2 unspecified atom stereocenters. The van der Waals surface area contributed by atoms with Gasteiger partial charge in [0.25, 0.3) is 0 Å². The summed E-state index contributed by atoms with van der Waals surface area (Å²) < 4.78 is 0. The van der Waals surface area contributed by atoms with Crippen molar-refractivity contribution in [1.29, 1.82) is 0 Å². The minimum Gasteiger partial charge on any atom is -0.251 e. The molecule has 2 atom stereocenters. The summed E-state index contributed by atoms with van der Waals surface area (Å²) in [4.78, 5) is 7.79. The van der Waals surface area contributed by atoms with Crippen LogP contribution in [0.25, 0.3) is 0 Å². The Hall–Kier alpha value is -1.97. The van der Waals surface area contributed by atoms with Crippen molar-refractivity contribution >= 4 is 34.9 Å². The van der Waals surface area contributed by atoms with Crippen molar-refractivity contribution in [2.75, 3.05) is 5.75 Å². The van der Waals surface area contributed by atoms with E-state index in [4.69, 9.17) is 4.99 Å². The molecule has 3 heteroatoms. The fourth-order valence-electron chi connectivity index (χ4n) is 3.58. The summed E-state index contributed by atoms with van der Waals surface area (Å²) in [7, 11) is 0. The first-order valence-electron chi connectivity index (χ1n) is 8.51. The van der Waals surface area contributed by atoms with E-state index >= 15 is 0 Å². The topological polar surface area (TPSA) is 12.4 Å². The summed E-state index contributed by atoms with van der Waals surface area (Å²) in [5.74, 6) is 1.50. The van der Waals surface area contributed by atoms with Crippen LogP contribution in [0.3, 0.4) is 0 Å². The molecule has 25 heavy (non-hydrogen) atoms. The first kappa shape index (κ1) is 15.3. The van der Waals surface area contributed by atoms with Crippen molar-refractivity contribution in [2.24, 2.45) is 10.9 Å². The van der Waals surface area contributed by atoms with Crippen LogP contribution >= 0.6 is 23.5 Å². The lowest BCUT2D eigenvalue weighted by Gasteiger charge is -2.31. The molecule has 0 bridgehead atoms. The highest BCUT2D eigenvalue weighted by molar-refractivity contribution is 8.00. The van der Waals surface area contributed by atoms with Crippen LogP contribution in [0.2, 0.25) is 0 Å². The van der Waals surface area contributed by atoms with Crippen molar-refractivity contribution < 1.29 is 0 Å². The number of benzene rings is 3. The Morgan fingerprint density at radius 3 is 2.36 bits per heavy atom. The maximum atomic E-state index is 5.16. The largest absolute Gasteiger partial charge is 0.251 e. The van der Waals surface area contributed by atoms with Crippen molar-refractivity contribution in [3.8, 4) is 0 Å². The van der Waals surface area contributed by atoms with Crippen LogP contribution in [-0.2, 0) is 0 Å². The molecule has 3 aromatic rings. The molecule has 0 saturated heterocycles. The van der Waals surface area contributed by atoms with Crippen molar-refractivity contribution in [3.63, 3.8) is 0 Å². The fraction of sp³-hybridized carbons (Fsp3) is 0.136. The number of thioether (sulfide) groups is 2. The number of nitrogens with zero attached hydrogens (tertiary/aromatic N) is 1. The molecule has 2 aliphatic heterocycles. The standard InChI is InChI=1S/C22H17NS2/c1-2-8-15(9-3-1)22-17-14-24-19-12-6-4-10-16(19)21(17)23-18-11-5-7-13-20(18)25-22/h1-13,17,22H,14H2. The van der Waals surface area contributed by atoms with Gasteiger partial charge in [-0.1, -0.05) is 60.7 Å². The molecule has 0 saturated carbocycles. The number of hydrogen-bond acceptors (Lipinski definition) is 3. The van der Waals surface area contributed by atoms with E-state index in [9.17, 15) is 0 Å². The summed E-state index contributed by atoms with van der Waals surface area (Å²) in [6, 6.07) is 28.2. The van der Waals surface area contributed by atoms with Gasteiger partial charge in [0.15, 0.2) is 0 Å². The van der Waals surface area contributed by atoms with E-state index in [0.717, 1.165) is 11.4 Å². The zero-order valence-electron chi connectivity index (χ0n) is 13.6. The first-order valence-corrected chi connectivity index (χ1v) is 10.4. The third-order valence-electron chi connectivity index (χ3n) is 4.79. The molecule has 0 aromatic heterocycles. The van der Waals surface area contributed by atoms with Gasteiger partial charge in [0.2, 0.25) is 0 Å². The van der Waals surface area contributed by atoms with Gasteiger partial charge < -0.3 is 0 Å². The van der Waals surface area contributed by atoms with E-state index in [0.29, 0.717) is 11.2 Å². The van der Waals surface area contributed by atoms with Crippen LogP contribution in [0.4, 0.5) is 5.69 Å². The SMILES string of the molecule is c1ccc(C2Sc3ccccc3N=C3c4ccccc4SCC32)cc1. The van der Waals surface area contributed by atoms with Crippen LogP contribution in [-0.4, -0.2) is 11.5 Å². The second kappa shape index (κ2) is 6.40. The molecule has 0 amide bonds. The smallest absolute Gasteiger partial charge is 0.0769 e. The van der Waals surface area contributed by atoms with E-state index in [2.05, 4.69) is 78.9 Å². The summed E-state index contributed by atoms with van der Waals surface area (Å²) >= 11 is 3.93. The molecule has 0 N–H and O–H groups in total. The average molecular weight is 360 g/mol. The second-order valence-corrected chi connectivity index (χ2v) is 8.57. The third kappa shape index (κ3) is 2.72. The Kier molecular flexibility index (Phi) is 3.91. The quantitative estimate of drug-likeness (QED) is 0.500. The van der Waals surface area contributed by atoms with Gasteiger partial charge in [0.05, 0.1) is 11.4 Å². The summed E-state index contributed by atoms with van der Waals surface area (Å²) in [5.41, 5.74) is 5.05. The van der Waals surface area contributed by atoms with Crippen molar-refractivity contribution in [3.05, 3.63) is 90.0 Å². The highest BCUT2D eigenvalue weighted by Gasteiger charge is 2.36. The molecule has 1 nitrogen and oxygen atoms in total. The number of aliphatic imine (C=N–C) groups is 1. The number of fused-ring (bicyclic) bond motifs is 4. The molecular weight excluding hydrogens is 342 g/mol. The predicted octanol–water partition coefficient (Wildman–Crippen LogP) is 6.38. The van der Waals surface area contributed by atoms with E-state index in [-0.39, 0.29) is 0 Å². The van der Waals surface area contributed by atoms with Gasteiger partial charge >= 0.3 is 0 Å². The van der Waals surface area contributed by atoms with Gasteiger partial charge in [-0.3, -0.25) is 4.99 Å². The molecule has 0 aliphatic carbocycles. The highest BCUT2D eigenvalue weighted by atomic mass is 32.2. The van der Waals surface area contributed by atoms with Crippen LogP contribution < -0.4 is 0 Å². The Bertz CT molecular complexity index is 949. The zero-order chi connectivity index (χ0) is 16.6. The van der Waals surface area contributed by atoms with E-state index < -0.39 is 0 Å². The molecule has 3 aromatic carbocycles. The first-order chi connectivity index (χ1) is 12.4. The van der Waals surface area contributed by atoms with E-state index in [1.807, 2.05) is 23.5 Å². The molecular formula is C22H17NS2. The average Bonchev–Trinajstić information content (AvgIpc) is 2.85. The summed E-state index contributed by atoms with van der Waals surface area (Å²) in [5, 5.41) is 0.393. The minimum absolute atomic E-state index is 0.393. The van der Waals surface area contributed by atoms with E-state index in [1.54, 1.807) is 0 Å². The lowest BCUT2D eigenvalue weighted by Crippen LogP contribution is -2.27. The highest BCUT2D eigenvalue weighted by Crippen LogP contribution is 2.51. The van der Waals surface area contributed by atoms with Gasteiger partial charge in [-0.25, -0.2) is 0 Å². The Labute approximate surface area is 156 Å². The molecule has 0 fully saturated rings. The Morgan fingerprint density at radius 2 is 1.48 bits per heavy atom. The number of hydrogen-bond donors (Lipinski definition) is 0. The van der Waals surface area contributed by atoms with Crippen LogP contribution in [0.5, 0.6) is 0 Å². The number of rotatable bonds is 1. The van der Waals surface area contributed by atoms with Gasteiger partial charge in [0, 0.05) is 32.3 Å². The summed E-state index contributed by atoms with van der Waals surface area (Å²) in [6.07, 6.45) is 0.